The van der Waals surface area contributed by atoms with Gasteiger partial charge in [0.1, 0.15) is 0 Å². The van der Waals surface area contributed by atoms with Crippen LogP contribution in [0.4, 0.5) is 5.95 Å². The summed E-state index contributed by atoms with van der Waals surface area (Å²) < 4.78 is 5.61. The second-order valence-electron chi connectivity index (χ2n) is 7.58. The van der Waals surface area contributed by atoms with Crippen molar-refractivity contribution in [3.63, 3.8) is 0 Å². The molecule has 0 spiro atoms. The Balaban J connectivity index is 1.66. The maximum atomic E-state index is 5.61. The predicted molar refractivity (Wildman–Crippen MR) is 111 cm³/mol. The van der Waals surface area contributed by atoms with Crippen LogP contribution in [-0.2, 0) is 17.6 Å². The van der Waals surface area contributed by atoms with E-state index in [4.69, 9.17) is 14.7 Å². The number of hydrogen-bond donors (Lipinski definition) is 1. The van der Waals surface area contributed by atoms with E-state index in [2.05, 4.69) is 40.3 Å². The lowest BCUT2D eigenvalue weighted by Crippen LogP contribution is -2.44. The maximum Gasteiger partial charge on any atom is 0.226 e. The monoisotopic (exact) mass is 375 g/mol. The number of nitrogens with zero attached hydrogens (tertiary/aromatic N) is 4. The van der Waals surface area contributed by atoms with E-state index in [1.807, 2.05) is 18.3 Å². The summed E-state index contributed by atoms with van der Waals surface area (Å²) in [4.78, 5) is 17.0. The van der Waals surface area contributed by atoms with Crippen LogP contribution < -0.4 is 10.2 Å². The van der Waals surface area contributed by atoms with Crippen LogP contribution in [0.15, 0.2) is 36.5 Å². The van der Waals surface area contributed by atoms with Gasteiger partial charge in [-0.15, -0.1) is 0 Å². The fourth-order valence-electron chi connectivity index (χ4n) is 4.12. The van der Waals surface area contributed by atoms with Crippen molar-refractivity contribution in [1.82, 2.24) is 20.3 Å². The van der Waals surface area contributed by atoms with Gasteiger partial charge in [0.2, 0.25) is 5.95 Å². The molecule has 3 aromatic rings. The van der Waals surface area contributed by atoms with E-state index in [0.29, 0.717) is 0 Å². The van der Waals surface area contributed by atoms with Crippen LogP contribution in [0.25, 0.3) is 22.2 Å². The summed E-state index contributed by atoms with van der Waals surface area (Å²) in [5, 5.41) is 4.63. The first-order chi connectivity index (χ1) is 13.8. The van der Waals surface area contributed by atoms with Crippen molar-refractivity contribution in [2.75, 3.05) is 37.7 Å². The molecule has 0 aliphatic carbocycles. The highest BCUT2D eigenvalue weighted by atomic mass is 16.5. The Morgan fingerprint density at radius 2 is 2.04 bits per heavy atom. The van der Waals surface area contributed by atoms with Gasteiger partial charge >= 0.3 is 0 Å². The van der Waals surface area contributed by atoms with Gasteiger partial charge in [0.25, 0.3) is 0 Å². The van der Waals surface area contributed by atoms with Crippen LogP contribution in [0.1, 0.15) is 18.2 Å². The lowest BCUT2D eigenvalue weighted by atomic mass is 10.0. The second kappa shape index (κ2) is 7.45. The zero-order valence-electron chi connectivity index (χ0n) is 16.2. The zero-order valence-corrected chi connectivity index (χ0v) is 16.2. The van der Waals surface area contributed by atoms with Crippen molar-refractivity contribution in [3.8, 4) is 11.3 Å². The third-order valence-electron chi connectivity index (χ3n) is 5.66. The fraction of sp³-hybridized carbons (Fsp3) is 0.409. The highest BCUT2D eigenvalue weighted by Crippen LogP contribution is 2.30. The number of benzene rings is 1. The quantitative estimate of drug-likeness (QED) is 0.743. The van der Waals surface area contributed by atoms with E-state index in [-0.39, 0.29) is 6.04 Å². The molecule has 0 amide bonds. The lowest BCUT2D eigenvalue weighted by Gasteiger charge is -2.34. The molecule has 1 N–H and O–H groups in total. The van der Waals surface area contributed by atoms with Crippen molar-refractivity contribution >= 4 is 16.9 Å². The van der Waals surface area contributed by atoms with Crippen LogP contribution in [0, 0.1) is 0 Å². The fourth-order valence-corrected chi connectivity index (χ4v) is 4.12. The Morgan fingerprint density at radius 1 is 1.14 bits per heavy atom. The van der Waals surface area contributed by atoms with Crippen molar-refractivity contribution in [2.45, 2.75) is 25.8 Å². The molecule has 6 nitrogen and oxygen atoms in total. The topological polar surface area (TPSA) is 63.2 Å². The van der Waals surface area contributed by atoms with Gasteiger partial charge in [-0.1, -0.05) is 18.2 Å². The molecule has 0 saturated carbocycles. The highest BCUT2D eigenvalue weighted by Gasteiger charge is 2.25. The molecule has 0 unspecified atom stereocenters. The van der Waals surface area contributed by atoms with Crippen molar-refractivity contribution in [1.29, 1.82) is 0 Å². The molecule has 1 saturated heterocycles. The molecule has 1 atom stereocenters. The van der Waals surface area contributed by atoms with E-state index < -0.39 is 0 Å². The molecule has 0 bridgehead atoms. The summed E-state index contributed by atoms with van der Waals surface area (Å²) in [6.07, 6.45) is 3.82. The molecule has 144 valence electrons. The Hall–Kier alpha value is -2.57. The summed E-state index contributed by atoms with van der Waals surface area (Å²) in [6, 6.07) is 10.7. The summed E-state index contributed by atoms with van der Waals surface area (Å²) in [5.74, 6) is 0.819. The Bertz CT molecular complexity index is 1010. The van der Waals surface area contributed by atoms with Crippen LogP contribution in [-0.4, -0.2) is 53.8 Å². The van der Waals surface area contributed by atoms with Crippen molar-refractivity contribution in [2.24, 2.45) is 0 Å². The molecule has 1 fully saturated rings. The number of fused-ring (bicyclic) bond motifs is 2. The van der Waals surface area contributed by atoms with Gasteiger partial charge in [0.05, 0.1) is 36.2 Å². The van der Waals surface area contributed by atoms with Crippen molar-refractivity contribution in [3.05, 3.63) is 47.8 Å². The molecule has 2 aromatic heterocycles. The summed E-state index contributed by atoms with van der Waals surface area (Å²) in [5.41, 5.74) is 5.53. The number of anilines is 1. The normalized spacial score (nSPS) is 20.0. The van der Waals surface area contributed by atoms with E-state index in [1.165, 1.54) is 5.56 Å². The van der Waals surface area contributed by atoms with Gasteiger partial charge in [0, 0.05) is 42.2 Å². The standard InChI is InChI=1S/C22H25N5O/c1-15-14-28-11-10-27(15)22-25-20-7-9-23-8-6-18(20)21(26-22)17-12-16-4-2-3-5-19(16)24-13-17/h2-5,12-13,15,23H,6-11,14H2,1H3/t15-/m1/s1. The first kappa shape index (κ1) is 17.5. The molecule has 6 heteroatoms. The third kappa shape index (κ3) is 3.23. The second-order valence-corrected chi connectivity index (χ2v) is 7.58. The summed E-state index contributed by atoms with van der Waals surface area (Å²) in [6.45, 7) is 6.35. The predicted octanol–water partition coefficient (Wildman–Crippen LogP) is 2.61. The van der Waals surface area contributed by atoms with Crippen LogP contribution in [0.5, 0.6) is 0 Å². The minimum absolute atomic E-state index is 0.276. The number of ether oxygens (including phenoxy) is 1. The van der Waals surface area contributed by atoms with Crippen molar-refractivity contribution < 1.29 is 4.74 Å². The zero-order chi connectivity index (χ0) is 18.9. The van der Waals surface area contributed by atoms with Gasteiger partial charge in [0.15, 0.2) is 0 Å². The SMILES string of the molecule is C[C@@H]1COCCN1c1nc2c(c(-c3cnc4ccccc4c3)n1)CCNCC2. The first-order valence-electron chi connectivity index (χ1n) is 10.1. The van der Waals surface area contributed by atoms with Gasteiger partial charge in [-0.05, 0) is 32.0 Å². The lowest BCUT2D eigenvalue weighted by molar-refractivity contribution is 0.0980. The molecule has 1 aromatic carbocycles. The van der Waals surface area contributed by atoms with Crippen LogP contribution in [0.2, 0.25) is 0 Å². The number of para-hydroxylation sites is 1. The van der Waals surface area contributed by atoms with E-state index >= 15 is 0 Å². The summed E-state index contributed by atoms with van der Waals surface area (Å²) >= 11 is 0. The van der Waals surface area contributed by atoms with Gasteiger partial charge in [-0.25, -0.2) is 9.97 Å². The van der Waals surface area contributed by atoms with Gasteiger partial charge in [-0.3, -0.25) is 4.98 Å². The first-order valence-corrected chi connectivity index (χ1v) is 10.1. The number of hydrogen-bond acceptors (Lipinski definition) is 6. The Morgan fingerprint density at radius 3 is 2.96 bits per heavy atom. The van der Waals surface area contributed by atoms with E-state index in [9.17, 15) is 0 Å². The molecule has 5 rings (SSSR count). The van der Waals surface area contributed by atoms with Crippen LogP contribution >= 0.6 is 0 Å². The molecule has 0 radical (unpaired) electrons. The minimum atomic E-state index is 0.276. The molecular formula is C22H25N5O. The van der Waals surface area contributed by atoms with E-state index in [1.54, 1.807) is 0 Å². The smallest absolute Gasteiger partial charge is 0.226 e. The Kier molecular flexibility index (Phi) is 4.66. The average Bonchev–Trinajstić information content (AvgIpc) is 2.98. The van der Waals surface area contributed by atoms with Crippen LogP contribution in [0.3, 0.4) is 0 Å². The number of nitrogens with one attached hydrogen (secondary N) is 1. The number of rotatable bonds is 2. The number of aromatic nitrogens is 3. The Labute approximate surface area is 165 Å². The molecule has 4 heterocycles. The van der Waals surface area contributed by atoms with Gasteiger partial charge < -0.3 is 15.0 Å². The maximum absolute atomic E-state index is 5.61. The average molecular weight is 375 g/mol. The molecule has 2 aliphatic rings. The third-order valence-corrected chi connectivity index (χ3v) is 5.66. The molecule has 2 aliphatic heterocycles. The van der Waals surface area contributed by atoms with E-state index in [0.717, 1.165) is 79.5 Å². The van der Waals surface area contributed by atoms with Gasteiger partial charge in [-0.2, -0.15) is 0 Å². The molecular weight excluding hydrogens is 350 g/mol. The molecule has 28 heavy (non-hydrogen) atoms. The minimum Gasteiger partial charge on any atom is -0.377 e. The summed E-state index contributed by atoms with van der Waals surface area (Å²) in [7, 11) is 0. The number of morpholine rings is 1. The highest BCUT2D eigenvalue weighted by molar-refractivity contribution is 5.83. The number of pyridine rings is 1. The largest absolute Gasteiger partial charge is 0.377 e.